The second-order valence-electron chi connectivity index (χ2n) is 3.04. The van der Waals surface area contributed by atoms with Crippen LogP contribution in [0.4, 0.5) is 4.79 Å². The predicted octanol–water partition coefficient (Wildman–Crippen LogP) is 0.653. The van der Waals surface area contributed by atoms with Gasteiger partial charge in [-0.05, 0) is 12.1 Å². The first-order valence-corrected chi connectivity index (χ1v) is 4.22. The molecule has 0 radical (unpaired) electrons. The maximum absolute atomic E-state index is 11.2. The van der Waals surface area contributed by atoms with Crippen molar-refractivity contribution in [1.29, 1.82) is 0 Å². The Kier molecular flexibility index (Phi) is 3.28. The minimum atomic E-state index is -0.832. The van der Waals surface area contributed by atoms with Gasteiger partial charge in [-0.2, -0.15) is 0 Å². The number of amides is 3. The number of hydrogen-bond donors (Lipinski definition) is 2. The topological polar surface area (TPSA) is 85.3 Å². The molecule has 1 atom stereocenters. The van der Waals surface area contributed by atoms with Gasteiger partial charge in [0.15, 0.2) is 0 Å². The van der Waals surface area contributed by atoms with Gasteiger partial charge in [-0.15, -0.1) is 0 Å². The average molecular weight is 196 g/mol. The predicted molar refractivity (Wildman–Crippen MR) is 49.3 cm³/mol. The summed E-state index contributed by atoms with van der Waals surface area (Å²) in [5.74, 6) is -0.0281. The molecule has 1 aromatic rings. The molecule has 0 aliphatic carbocycles. The van der Waals surface area contributed by atoms with Gasteiger partial charge in [-0.1, -0.05) is 6.92 Å². The minimum Gasteiger partial charge on any atom is -0.469 e. The molecule has 5 heteroatoms. The van der Waals surface area contributed by atoms with E-state index < -0.39 is 11.9 Å². The van der Waals surface area contributed by atoms with Crippen LogP contribution >= 0.6 is 0 Å². The van der Waals surface area contributed by atoms with Gasteiger partial charge in [-0.3, -0.25) is 10.1 Å². The molecule has 0 fully saturated rings. The summed E-state index contributed by atoms with van der Waals surface area (Å²) in [5, 5.41) is 2.01. The number of nitrogens with one attached hydrogen (secondary N) is 1. The third kappa shape index (κ3) is 2.93. The number of urea groups is 1. The summed E-state index contributed by atoms with van der Waals surface area (Å²) in [6.07, 6.45) is 1.99. The lowest BCUT2D eigenvalue weighted by molar-refractivity contribution is -0.123. The molecule has 0 bridgehead atoms. The fourth-order valence-corrected chi connectivity index (χ4v) is 1.07. The van der Waals surface area contributed by atoms with Crippen LogP contribution in [0.1, 0.15) is 12.7 Å². The van der Waals surface area contributed by atoms with Crippen molar-refractivity contribution >= 4 is 11.9 Å². The summed E-state index contributed by atoms with van der Waals surface area (Å²) in [5.41, 5.74) is 4.81. The smallest absolute Gasteiger partial charge is 0.318 e. The van der Waals surface area contributed by atoms with E-state index in [4.69, 9.17) is 10.2 Å². The molecule has 0 aliphatic rings. The van der Waals surface area contributed by atoms with E-state index in [-0.39, 0.29) is 5.92 Å². The first-order valence-electron chi connectivity index (χ1n) is 4.22. The summed E-state index contributed by atoms with van der Waals surface area (Å²) in [4.78, 5) is 21.6. The number of imide groups is 1. The van der Waals surface area contributed by atoms with E-state index in [9.17, 15) is 9.59 Å². The van der Waals surface area contributed by atoms with E-state index in [1.807, 2.05) is 5.32 Å². The van der Waals surface area contributed by atoms with Crippen molar-refractivity contribution < 1.29 is 14.0 Å². The Morgan fingerprint density at radius 1 is 1.64 bits per heavy atom. The van der Waals surface area contributed by atoms with Crippen molar-refractivity contribution in [1.82, 2.24) is 5.32 Å². The van der Waals surface area contributed by atoms with E-state index in [0.29, 0.717) is 12.2 Å². The normalized spacial score (nSPS) is 12.1. The van der Waals surface area contributed by atoms with Crippen molar-refractivity contribution in [2.24, 2.45) is 11.7 Å². The van der Waals surface area contributed by atoms with E-state index in [1.165, 1.54) is 6.26 Å². The fourth-order valence-electron chi connectivity index (χ4n) is 1.07. The van der Waals surface area contributed by atoms with Crippen molar-refractivity contribution in [3.05, 3.63) is 24.2 Å². The number of primary amides is 1. The Balaban J connectivity index is 2.46. The van der Waals surface area contributed by atoms with Gasteiger partial charge in [-0.25, -0.2) is 4.79 Å². The van der Waals surface area contributed by atoms with Gasteiger partial charge in [0.2, 0.25) is 5.91 Å². The number of nitrogens with two attached hydrogens (primary N) is 1. The largest absolute Gasteiger partial charge is 0.469 e. The van der Waals surface area contributed by atoms with Crippen LogP contribution in [0.3, 0.4) is 0 Å². The van der Waals surface area contributed by atoms with Gasteiger partial charge in [0, 0.05) is 12.3 Å². The molecule has 0 aliphatic heterocycles. The fraction of sp³-hybridized carbons (Fsp3) is 0.333. The number of furan rings is 1. The Hall–Kier alpha value is -1.78. The number of hydrogen-bond acceptors (Lipinski definition) is 3. The molecule has 1 heterocycles. The summed E-state index contributed by atoms with van der Waals surface area (Å²) in [7, 11) is 0. The molecule has 0 aromatic carbocycles. The monoisotopic (exact) mass is 196 g/mol. The zero-order valence-electron chi connectivity index (χ0n) is 7.82. The quantitative estimate of drug-likeness (QED) is 0.744. The molecule has 5 nitrogen and oxygen atoms in total. The van der Waals surface area contributed by atoms with Gasteiger partial charge < -0.3 is 10.2 Å². The Labute approximate surface area is 81.3 Å². The molecule has 1 unspecified atom stereocenters. The average Bonchev–Trinajstić information content (AvgIpc) is 2.55. The molecule has 76 valence electrons. The van der Waals surface area contributed by atoms with Gasteiger partial charge in [0.25, 0.3) is 0 Å². The highest BCUT2D eigenvalue weighted by Gasteiger charge is 2.15. The van der Waals surface area contributed by atoms with Crippen LogP contribution in [-0.4, -0.2) is 11.9 Å². The lowest BCUT2D eigenvalue weighted by Crippen LogP contribution is -2.38. The molecule has 1 aromatic heterocycles. The van der Waals surface area contributed by atoms with E-state index >= 15 is 0 Å². The lowest BCUT2D eigenvalue weighted by atomic mass is 10.1. The van der Waals surface area contributed by atoms with Crippen LogP contribution in [0.25, 0.3) is 0 Å². The molecular formula is C9H12N2O3. The van der Waals surface area contributed by atoms with E-state index in [2.05, 4.69) is 0 Å². The van der Waals surface area contributed by atoms with Gasteiger partial charge in [0.05, 0.1) is 6.26 Å². The molecule has 14 heavy (non-hydrogen) atoms. The standard InChI is InChI=1S/C9H12N2O3/c1-6(8(12)11-9(10)13)5-7-3-2-4-14-7/h2-4,6H,5H2,1H3,(H3,10,11,12,13). The lowest BCUT2D eigenvalue weighted by Gasteiger charge is -2.07. The summed E-state index contributed by atoms with van der Waals surface area (Å²) >= 11 is 0. The van der Waals surface area contributed by atoms with Crippen LogP contribution < -0.4 is 11.1 Å². The highest BCUT2D eigenvalue weighted by molar-refractivity contribution is 5.94. The molecule has 3 N–H and O–H groups in total. The number of carbonyl (C=O) groups excluding carboxylic acids is 2. The van der Waals surface area contributed by atoms with Crippen LogP contribution in [0.5, 0.6) is 0 Å². The maximum Gasteiger partial charge on any atom is 0.318 e. The Bertz CT molecular complexity index is 319. The molecule has 0 saturated carbocycles. The van der Waals surface area contributed by atoms with Gasteiger partial charge in [0.1, 0.15) is 5.76 Å². The minimum absolute atomic E-state index is 0.339. The second kappa shape index (κ2) is 4.45. The number of rotatable bonds is 3. The highest BCUT2D eigenvalue weighted by Crippen LogP contribution is 2.08. The SMILES string of the molecule is CC(Cc1ccco1)C(=O)NC(N)=O. The van der Waals surface area contributed by atoms with Gasteiger partial charge >= 0.3 is 6.03 Å². The molecule has 1 rings (SSSR count). The first-order chi connectivity index (χ1) is 6.59. The third-order valence-electron chi connectivity index (χ3n) is 1.78. The summed E-state index contributed by atoms with van der Waals surface area (Å²) in [6, 6.07) is 2.68. The summed E-state index contributed by atoms with van der Waals surface area (Å²) < 4.78 is 5.06. The molecule has 3 amide bonds. The molecule has 0 spiro atoms. The maximum atomic E-state index is 11.2. The molecular weight excluding hydrogens is 184 g/mol. The van der Waals surface area contributed by atoms with E-state index in [1.54, 1.807) is 19.1 Å². The molecule has 0 saturated heterocycles. The van der Waals surface area contributed by atoms with Crippen molar-refractivity contribution in [2.75, 3.05) is 0 Å². The second-order valence-corrected chi connectivity index (χ2v) is 3.04. The van der Waals surface area contributed by atoms with Crippen LogP contribution in [0, 0.1) is 5.92 Å². The van der Waals surface area contributed by atoms with E-state index in [0.717, 1.165) is 0 Å². The van der Waals surface area contributed by atoms with Crippen molar-refractivity contribution in [3.63, 3.8) is 0 Å². The Morgan fingerprint density at radius 2 is 2.36 bits per heavy atom. The highest BCUT2D eigenvalue weighted by atomic mass is 16.3. The zero-order valence-corrected chi connectivity index (χ0v) is 7.82. The van der Waals surface area contributed by atoms with Crippen LogP contribution in [0.15, 0.2) is 22.8 Å². The van der Waals surface area contributed by atoms with Crippen LogP contribution in [-0.2, 0) is 11.2 Å². The van der Waals surface area contributed by atoms with Crippen molar-refractivity contribution in [3.8, 4) is 0 Å². The third-order valence-corrected chi connectivity index (χ3v) is 1.78. The van der Waals surface area contributed by atoms with Crippen LogP contribution in [0.2, 0.25) is 0 Å². The van der Waals surface area contributed by atoms with Crippen molar-refractivity contribution in [2.45, 2.75) is 13.3 Å². The first kappa shape index (κ1) is 10.3. The zero-order chi connectivity index (χ0) is 10.6. The Morgan fingerprint density at radius 3 is 2.86 bits per heavy atom. The summed E-state index contributed by atoms with van der Waals surface area (Å²) in [6.45, 7) is 1.70. The number of carbonyl (C=O) groups is 2.